The molecule has 0 aromatic carbocycles. The average Bonchev–Trinajstić information content (AvgIpc) is 3.23. The highest BCUT2D eigenvalue weighted by molar-refractivity contribution is 7.16. The second kappa shape index (κ2) is 5.89. The van der Waals surface area contributed by atoms with Gasteiger partial charge in [0.2, 0.25) is 4.96 Å². The zero-order valence-corrected chi connectivity index (χ0v) is 14.3. The number of hydrogen-bond donors (Lipinski definition) is 0. The number of piperidine rings is 1. The highest BCUT2D eigenvalue weighted by Gasteiger charge is 2.30. The van der Waals surface area contributed by atoms with Crippen molar-refractivity contribution in [1.29, 1.82) is 0 Å². The maximum absolute atomic E-state index is 4.86. The molecular weight excluding hydrogens is 294 g/mol. The molecule has 0 bridgehead atoms. The van der Waals surface area contributed by atoms with E-state index in [0.29, 0.717) is 11.8 Å². The van der Waals surface area contributed by atoms with Crippen molar-refractivity contribution in [1.82, 2.24) is 24.7 Å². The number of aromatic nitrogens is 4. The second-order valence-electron chi connectivity index (χ2n) is 7.12. The van der Waals surface area contributed by atoms with Crippen LogP contribution in [-0.2, 0) is 0 Å². The van der Waals surface area contributed by atoms with Crippen LogP contribution in [-0.4, -0.2) is 43.8 Å². The van der Waals surface area contributed by atoms with Crippen LogP contribution in [0.25, 0.3) is 4.96 Å². The van der Waals surface area contributed by atoms with Crippen LogP contribution in [0.15, 0.2) is 0 Å². The molecule has 1 atom stereocenters. The predicted molar refractivity (Wildman–Crippen MR) is 88.6 cm³/mol. The van der Waals surface area contributed by atoms with Gasteiger partial charge in [0.15, 0.2) is 5.82 Å². The van der Waals surface area contributed by atoms with Gasteiger partial charge in [0.25, 0.3) is 0 Å². The van der Waals surface area contributed by atoms with Gasteiger partial charge in [-0.1, -0.05) is 38.0 Å². The molecule has 2 aromatic rings. The molecule has 0 radical (unpaired) electrons. The molecule has 1 aliphatic carbocycles. The molecule has 6 heteroatoms. The molecule has 0 N–H and O–H groups in total. The van der Waals surface area contributed by atoms with Gasteiger partial charge in [-0.2, -0.15) is 9.61 Å². The third-order valence-corrected chi connectivity index (χ3v) is 6.25. The molecule has 4 rings (SSSR count). The molecule has 2 aromatic heterocycles. The molecule has 0 amide bonds. The molecule has 1 saturated carbocycles. The molecule has 0 spiro atoms. The lowest BCUT2D eigenvalue weighted by Crippen LogP contribution is -2.40. The maximum atomic E-state index is 4.86. The zero-order chi connectivity index (χ0) is 15.1. The summed E-state index contributed by atoms with van der Waals surface area (Å²) in [6.07, 6.45) is 8.20. The molecule has 1 saturated heterocycles. The van der Waals surface area contributed by atoms with E-state index in [2.05, 4.69) is 28.9 Å². The van der Waals surface area contributed by atoms with Gasteiger partial charge in [-0.15, -0.1) is 10.2 Å². The molecular formula is C16H25N5S. The van der Waals surface area contributed by atoms with Crippen molar-refractivity contribution in [2.45, 2.75) is 70.3 Å². The summed E-state index contributed by atoms with van der Waals surface area (Å²) in [6, 6.07) is 0.833. The van der Waals surface area contributed by atoms with E-state index in [9.17, 15) is 0 Å². The number of nitrogens with zero attached hydrogens (tertiary/aromatic N) is 5. The first-order valence-corrected chi connectivity index (χ1v) is 9.50. The summed E-state index contributed by atoms with van der Waals surface area (Å²) in [5.41, 5.74) is 0. The first kappa shape index (κ1) is 14.6. The molecule has 0 unspecified atom stereocenters. The maximum Gasteiger partial charge on any atom is 0.234 e. The van der Waals surface area contributed by atoms with Crippen molar-refractivity contribution < 1.29 is 0 Å². The Bertz CT molecular complexity index is 640. The zero-order valence-electron chi connectivity index (χ0n) is 13.5. The SMILES string of the molecule is CC(C)c1nnc2sc([C@H]3CCCN(C4CCCC4)C3)nn12. The Kier molecular flexibility index (Phi) is 3.90. The Labute approximate surface area is 135 Å². The lowest BCUT2D eigenvalue weighted by molar-refractivity contribution is 0.149. The molecule has 120 valence electrons. The van der Waals surface area contributed by atoms with E-state index in [1.54, 1.807) is 11.3 Å². The topological polar surface area (TPSA) is 46.3 Å². The molecule has 22 heavy (non-hydrogen) atoms. The molecule has 3 heterocycles. The first-order valence-electron chi connectivity index (χ1n) is 8.68. The number of fused-ring (bicyclic) bond motifs is 1. The van der Waals surface area contributed by atoms with Crippen LogP contribution in [0.4, 0.5) is 0 Å². The van der Waals surface area contributed by atoms with Crippen LogP contribution < -0.4 is 0 Å². The summed E-state index contributed by atoms with van der Waals surface area (Å²) < 4.78 is 1.97. The van der Waals surface area contributed by atoms with Crippen LogP contribution in [0.2, 0.25) is 0 Å². The summed E-state index contributed by atoms with van der Waals surface area (Å²) >= 11 is 1.74. The summed E-state index contributed by atoms with van der Waals surface area (Å²) in [7, 11) is 0. The fourth-order valence-corrected chi connectivity index (χ4v) is 4.95. The van der Waals surface area contributed by atoms with Crippen LogP contribution >= 0.6 is 11.3 Å². The standard InChI is InChI=1S/C16H25N5S/c1-11(2)14-17-18-16-21(14)19-15(22-16)12-6-5-9-20(10-12)13-7-3-4-8-13/h11-13H,3-10H2,1-2H3/t12-/m0/s1. The van der Waals surface area contributed by atoms with Gasteiger partial charge < -0.3 is 0 Å². The largest absolute Gasteiger partial charge is 0.300 e. The van der Waals surface area contributed by atoms with Gasteiger partial charge >= 0.3 is 0 Å². The minimum absolute atomic E-state index is 0.367. The van der Waals surface area contributed by atoms with Crippen LogP contribution in [0.3, 0.4) is 0 Å². The average molecular weight is 319 g/mol. The quantitative estimate of drug-likeness (QED) is 0.869. The van der Waals surface area contributed by atoms with Crippen molar-refractivity contribution in [3.8, 4) is 0 Å². The third kappa shape index (κ3) is 2.56. The number of hydrogen-bond acceptors (Lipinski definition) is 5. The number of likely N-dealkylation sites (tertiary alicyclic amines) is 1. The van der Waals surface area contributed by atoms with Crippen molar-refractivity contribution in [2.75, 3.05) is 13.1 Å². The van der Waals surface area contributed by atoms with Crippen molar-refractivity contribution >= 4 is 16.3 Å². The summed E-state index contributed by atoms with van der Waals surface area (Å²) in [5, 5.41) is 14.7. The van der Waals surface area contributed by atoms with Gasteiger partial charge in [0, 0.05) is 24.4 Å². The van der Waals surface area contributed by atoms with Gasteiger partial charge in [0.1, 0.15) is 5.01 Å². The second-order valence-corrected chi connectivity index (χ2v) is 8.11. The van der Waals surface area contributed by atoms with Crippen molar-refractivity contribution in [3.63, 3.8) is 0 Å². The summed E-state index contributed by atoms with van der Waals surface area (Å²) in [6.45, 7) is 6.77. The highest BCUT2D eigenvalue weighted by atomic mass is 32.1. The fourth-order valence-electron chi connectivity index (χ4n) is 3.98. The lowest BCUT2D eigenvalue weighted by Gasteiger charge is -2.35. The Balaban J connectivity index is 1.55. The monoisotopic (exact) mass is 319 g/mol. The lowest BCUT2D eigenvalue weighted by atomic mass is 9.97. The van der Waals surface area contributed by atoms with Crippen molar-refractivity contribution in [2.24, 2.45) is 0 Å². The van der Waals surface area contributed by atoms with Crippen LogP contribution in [0, 0.1) is 0 Å². The fraction of sp³-hybridized carbons (Fsp3) is 0.812. The Morgan fingerprint density at radius 3 is 2.68 bits per heavy atom. The first-order chi connectivity index (χ1) is 10.7. The van der Waals surface area contributed by atoms with E-state index in [4.69, 9.17) is 5.10 Å². The van der Waals surface area contributed by atoms with Crippen molar-refractivity contribution in [3.05, 3.63) is 10.8 Å². The van der Waals surface area contributed by atoms with E-state index < -0.39 is 0 Å². The van der Waals surface area contributed by atoms with E-state index in [1.807, 2.05) is 4.52 Å². The van der Waals surface area contributed by atoms with E-state index in [0.717, 1.165) is 16.8 Å². The number of rotatable bonds is 3. The van der Waals surface area contributed by atoms with Gasteiger partial charge in [-0.25, -0.2) is 0 Å². The summed E-state index contributed by atoms with van der Waals surface area (Å²) in [4.78, 5) is 3.68. The molecule has 2 aliphatic rings. The van der Waals surface area contributed by atoms with Gasteiger partial charge in [-0.3, -0.25) is 4.90 Å². The molecule has 2 fully saturated rings. The van der Waals surface area contributed by atoms with E-state index in [-0.39, 0.29) is 0 Å². The predicted octanol–water partition coefficient (Wildman–Crippen LogP) is 3.43. The van der Waals surface area contributed by atoms with Gasteiger partial charge in [-0.05, 0) is 32.2 Å². The molecule has 1 aliphatic heterocycles. The minimum atomic E-state index is 0.367. The summed E-state index contributed by atoms with van der Waals surface area (Å²) in [5.74, 6) is 1.94. The normalized spacial score (nSPS) is 24.8. The van der Waals surface area contributed by atoms with E-state index >= 15 is 0 Å². The van der Waals surface area contributed by atoms with E-state index in [1.165, 1.54) is 56.6 Å². The minimum Gasteiger partial charge on any atom is -0.300 e. The highest BCUT2D eigenvalue weighted by Crippen LogP contribution is 2.34. The smallest absolute Gasteiger partial charge is 0.234 e. The van der Waals surface area contributed by atoms with Crippen LogP contribution in [0.5, 0.6) is 0 Å². The Morgan fingerprint density at radius 1 is 1.09 bits per heavy atom. The van der Waals surface area contributed by atoms with Gasteiger partial charge in [0.05, 0.1) is 0 Å². The molecule has 5 nitrogen and oxygen atoms in total. The third-order valence-electron chi connectivity index (χ3n) is 5.19. The Hall–Kier alpha value is -1.01. The Morgan fingerprint density at radius 2 is 1.91 bits per heavy atom. The van der Waals surface area contributed by atoms with Crippen LogP contribution in [0.1, 0.15) is 75.0 Å².